The summed E-state index contributed by atoms with van der Waals surface area (Å²) in [6.07, 6.45) is -1.36. The molecule has 0 radical (unpaired) electrons. The summed E-state index contributed by atoms with van der Waals surface area (Å²) >= 11 is 0. The molecule has 0 aliphatic rings. The minimum Gasteiger partial charge on any atom is -0.494 e. The average Bonchev–Trinajstić information content (AvgIpc) is 3.02. The molecule has 0 saturated heterocycles. The number of carbonyl (C=O) groups excluding carboxylic acids is 1. The van der Waals surface area contributed by atoms with Gasteiger partial charge in [-0.05, 0) is 30.7 Å². The second-order valence-corrected chi connectivity index (χ2v) is 4.74. The monoisotopic (exact) mass is 335 g/mol. The molecule has 1 heterocycles. The number of primary amides is 1. The van der Waals surface area contributed by atoms with Crippen molar-refractivity contribution < 1.29 is 28.7 Å². The van der Waals surface area contributed by atoms with Gasteiger partial charge in [0, 0.05) is 18.2 Å². The van der Waals surface area contributed by atoms with Crippen LogP contribution in [0.1, 0.15) is 12.2 Å². The number of benzene rings is 1. The number of nitrogens with one attached hydrogen (secondary N) is 1. The van der Waals surface area contributed by atoms with Crippen LogP contribution >= 0.6 is 0 Å². The number of nitrogens with zero attached hydrogens (tertiary/aromatic N) is 1. The van der Waals surface area contributed by atoms with Crippen LogP contribution in [0.15, 0.2) is 34.9 Å². The predicted octanol–water partition coefficient (Wildman–Crippen LogP) is 1.97. The lowest BCUT2D eigenvalue weighted by molar-refractivity contribution is 0.137. The van der Waals surface area contributed by atoms with Gasteiger partial charge in [-0.1, -0.05) is 5.16 Å². The molecule has 0 saturated carbocycles. The molecule has 2 aromatic rings. The summed E-state index contributed by atoms with van der Waals surface area (Å²) in [6.45, 7) is 0.661. The highest BCUT2D eigenvalue weighted by atomic mass is 16.6. The Kier molecular flexibility index (Phi) is 6.01. The highest BCUT2D eigenvalue weighted by Crippen LogP contribution is 2.22. The average molecular weight is 335 g/mol. The van der Waals surface area contributed by atoms with E-state index in [9.17, 15) is 9.59 Å². The lowest BCUT2D eigenvalue weighted by atomic mass is 10.1. The minimum atomic E-state index is -1.05. The van der Waals surface area contributed by atoms with Crippen LogP contribution < -0.4 is 15.8 Å². The molecule has 9 nitrogen and oxygen atoms in total. The fourth-order valence-corrected chi connectivity index (χ4v) is 1.84. The first-order valence-corrected chi connectivity index (χ1v) is 7.12. The zero-order valence-corrected chi connectivity index (χ0v) is 12.7. The molecular weight excluding hydrogens is 318 g/mol. The number of hydrogen-bond donors (Lipinski definition) is 3. The number of ether oxygens (including phenoxy) is 2. The van der Waals surface area contributed by atoms with Crippen LogP contribution in [-0.4, -0.2) is 35.6 Å². The number of carboxylic acid groups (broad SMARTS) is 1. The Hall–Kier alpha value is -3.23. The highest BCUT2D eigenvalue weighted by molar-refractivity contribution is 5.65. The van der Waals surface area contributed by atoms with Gasteiger partial charge in [-0.2, -0.15) is 0 Å². The third kappa shape index (κ3) is 5.52. The first kappa shape index (κ1) is 17.1. The van der Waals surface area contributed by atoms with Crippen LogP contribution in [0.2, 0.25) is 0 Å². The molecule has 9 heteroatoms. The van der Waals surface area contributed by atoms with E-state index in [0.29, 0.717) is 36.8 Å². The van der Waals surface area contributed by atoms with Crippen LogP contribution in [-0.2, 0) is 11.3 Å². The van der Waals surface area contributed by atoms with Gasteiger partial charge in [-0.15, -0.1) is 0 Å². The first-order valence-electron chi connectivity index (χ1n) is 7.12. The van der Waals surface area contributed by atoms with E-state index in [4.69, 9.17) is 20.1 Å². The molecule has 0 aliphatic carbocycles. The van der Waals surface area contributed by atoms with E-state index in [-0.39, 0.29) is 6.61 Å². The van der Waals surface area contributed by atoms with Crippen LogP contribution in [0.3, 0.4) is 0 Å². The summed E-state index contributed by atoms with van der Waals surface area (Å²) in [6, 6.07) is 8.81. The number of rotatable bonds is 8. The van der Waals surface area contributed by atoms with Crippen molar-refractivity contribution in [2.45, 2.75) is 13.0 Å². The molecule has 1 aromatic carbocycles. The summed E-state index contributed by atoms with van der Waals surface area (Å²) in [5.41, 5.74) is 6.28. The maximum absolute atomic E-state index is 10.5. The maximum atomic E-state index is 10.5. The molecule has 0 atom stereocenters. The number of hydrogen-bond acceptors (Lipinski definition) is 6. The van der Waals surface area contributed by atoms with Crippen molar-refractivity contribution >= 4 is 12.2 Å². The second kappa shape index (κ2) is 8.42. The van der Waals surface area contributed by atoms with Gasteiger partial charge in [-0.25, -0.2) is 9.59 Å². The van der Waals surface area contributed by atoms with Crippen molar-refractivity contribution in [3.05, 3.63) is 36.1 Å². The van der Waals surface area contributed by atoms with Gasteiger partial charge in [0.05, 0.1) is 6.61 Å². The van der Waals surface area contributed by atoms with Crippen molar-refractivity contribution in [1.82, 2.24) is 10.5 Å². The van der Waals surface area contributed by atoms with Gasteiger partial charge in [0.25, 0.3) is 0 Å². The van der Waals surface area contributed by atoms with Crippen molar-refractivity contribution in [3.63, 3.8) is 0 Å². The van der Waals surface area contributed by atoms with Gasteiger partial charge in [0.15, 0.2) is 12.4 Å². The number of aromatic nitrogens is 1. The molecule has 0 unspecified atom stereocenters. The highest BCUT2D eigenvalue weighted by Gasteiger charge is 2.08. The van der Waals surface area contributed by atoms with E-state index in [1.165, 1.54) is 0 Å². The summed E-state index contributed by atoms with van der Waals surface area (Å²) in [4.78, 5) is 20.8. The lowest BCUT2D eigenvalue weighted by Crippen LogP contribution is -2.23. The molecular formula is C15H17N3O6. The molecule has 0 fully saturated rings. The van der Waals surface area contributed by atoms with Gasteiger partial charge >= 0.3 is 12.2 Å². The summed E-state index contributed by atoms with van der Waals surface area (Å²) < 4.78 is 15.2. The Morgan fingerprint density at radius 1 is 1.29 bits per heavy atom. The van der Waals surface area contributed by atoms with Gasteiger partial charge in [0.1, 0.15) is 11.4 Å². The van der Waals surface area contributed by atoms with Crippen molar-refractivity contribution in [2.75, 3.05) is 13.2 Å². The Labute approximate surface area is 137 Å². The molecule has 0 spiro atoms. The molecule has 1 aromatic heterocycles. The zero-order chi connectivity index (χ0) is 17.4. The molecule has 128 valence electrons. The molecule has 2 rings (SSSR count). The Balaban J connectivity index is 1.83. The van der Waals surface area contributed by atoms with Crippen LogP contribution in [0.4, 0.5) is 9.59 Å². The van der Waals surface area contributed by atoms with Gasteiger partial charge < -0.3 is 30.2 Å². The van der Waals surface area contributed by atoms with E-state index >= 15 is 0 Å². The summed E-state index contributed by atoms with van der Waals surface area (Å²) in [7, 11) is 0. The Morgan fingerprint density at radius 2 is 2.04 bits per heavy atom. The number of carbonyl (C=O) groups is 2. The van der Waals surface area contributed by atoms with E-state index < -0.39 is 12.2 Å². The minimum absolute atomic E-state index is 0.0755. The SMILES string of the molecule is NC(=O)OCc1cc(-c2ccc(OCCCNC(=O)O)cc2)no1. The smallest absolute Gasteiger partial charge is 0.404 e. The third-order valence-corrected chi connectivity index (χ3v) is 2.93. The molecule has 24 heavy (non-hydrogen) atoms. The lowest BCUT2D eigenvalue weighted by Gasteiger charge is -2.06. The first-order chi connectivity index (χ1) is 11.5. The topological polar surface area (TPSA) is 137 Å². The number of amides is 2. The summed E-state index contributed by atoms with van der Waals surface area (Å²) in [5, 5.41) is 14.6. The Bertz CT molecular complexity index is 683. The predicted molar refractivity (Wildman–Crippen MR) is 82.5 cm³/mol. The fourth-order valence-electron chi connectivity index (χ4n) is 1.84. The van der Waals surface area contributed by atoms with E-state index in [2.05, 4.69) is 15.2 Å². The zero-order valence-electron chi connectivity index (χ0n) is 12.7. The summed E-state index contributed by atoms with van der Waals surface area (Å²) in [5.74, 6) is 1.05. The van der Waals surface area contributed by atoms with Crippen molar-refractivity contribution in [2.24, 2.45) is 5.73 Å². The van der Waals surface area contributed by atoms with Crippen LogP contribution in [0, 0.1) is 0 Å². The standard InChI is InChI=1S/C15H17N3O6/c16-14(19)23-9-12-8-13(18-24-12)10-2-4-11(5-3-10)22-7-1-6-17-15(20)21/h2-5,8,17H,1,6-7,9H2,(H2,16,19)(H,20,21). The normalized spacial score (nSPS) is 10.2. The fraction of sp³-hybridized carbons (Fsp3) is 0.267. The van der Waals surface area contributed by atoms with Crippen molar-refractivity contribution in [1.29, 1.82) is 0 Å². The van der Waals surface area contributed by atoms with Crippen LogP contribution in [0.5, 0.6) is 5.75 Å². The third-order valence-electron chi connectivity index (χ3n) is 2.93. The van der Waals surface area contributed by atoms with Gasteiger partial charge in [0.2, 0.25) is 0 Å². The molecule has 2 amide bonds. The van der Waals surface area contributed by atoms with E-state index in [0.717, 1.165) is 5.56 Å². The van der Waals surface area contributed by atoms with E-state index in [1.54, 1.807) is 30.3 Å². The second-order valence-electron chi connectivity index (χ2n) is 4.74. The quantitative estimate of drug-likeness (QED) is 0.627. The molecule has 4 N–H and O–H groups in total. The number of nitrogens with two attached hydrogens (primary N) is 1. The van der Waals surface area contributed by atoms with E-state index in [1.807, 2.05) is 0 Å². The maximum Gasteiger partial charge on any atom is 0.404 e. The molecule has 0 bridgehead atoms. The van der Waals surface area contributed by atoms with Crippen molar-refractivity contribution in [3.8, 4) is 17.0 Å². The van der Waals surface area contributed by atoms with Crippen LogP contribution in [0.25, 0.3) is 11.3 Å². The largest absolute Gasteiger partial charge is 0.494 e. The Morgan fingerprint density at radius 3 is 2.71 bits per heavy atom. The van der Waals surface area contributed by atoms with Gasteiger partial charge in [-0.3, -0.25) is 0 Å². The molecule has 0 aliphatic heterocycles.